The van der Waals surface area contributed by atoms with Gasteiger partial charge < -0.3 is 111 Å². The number of phenols is 1. The smallest absolute Gasteiger partial charge is 0.234 e. The Hall–Kier alpha value is -6.19. The van der Waals surface area contributed by atoms with Crippen LogP contribution in [0.25, 0.3) is 6.15 Å². The van der Waals surface area contributed by atoms with Gasteiger partial charge in [0.15, 0.2) is 23.5 Å². The van der Waals surface area contributed by atoms with Crippen molar-refractivity contribution in [3.63, 3.8) is 0 Å². The summed E-state index contributed by atoms with van der Waals surface area (Å²) in [5.74, 6) is -2.02. The number of carbonyl (C=O) groups excluding carboxylic acids is 15. The van der Waals surface area contributed by atoms with Crippen LogP contribution in [0.2, 0.25) is 0 Å². The molecule has 1 aromatic carbocycles. The minimum atomic E-state index is -0.764. The SMILES string of the molecule is CC[C@H](C)[C@@H]1NC(=O)CCNC(=O)CSCC[C@@H](C(=O)CN(C)[C@H]([C-]=O)CCCN=C(N)N)NCC(=O)[C@H](CCCCNC(=O)CCOCCOCCCC(=O)CBr)CCC1=O.CC[C@H](C)[C@H]1CCC[C@@H](CCNC(=O)CCOCCOCCCC(=O)CBr)C(=O)CN[C@H](C(=O)CC[C@@H](CCCN=C(N)N)CN[C@@H](Cc2ccc(O)cc2)C(N)=O)CCSCC(=O)CCC(=O)N1.[NH2-].[Y]. The van der Waals surface area contributed by atoms with Crippen LogP contribution < -0.4 is 71.2 Å². The molecule has 2 aliphatic heterocycles. The van der Waals surface area contributed by atoms with E-state index in [-0.39, 0.29) is 265 Å². The van der Waals surface area contributed by atoms with Crippen LogP contribution in [0.4, 0.5) is 0 Å². The zero-order valence-electron chi connectivity index (χ0n) is 79.1. The topological polar surface area (TPSA) is 601 Å². The molecule has 3 rings (SSSR count). The number of halogens is 2. The minimum Gasteiger partial charge on any atom is -0.693 e. The molecule has 0 spiro atoms. The number of guanidine groups is 2. The quantitative estimate of drug-likeness (QED) is 0.0130. The normalized spacial score (nSPS) is 19.3. The van der Waals surface area contributed by atoms with E-state index in [4.69, 9.17) is 47.6 Å². The van der Waals surface area contributed by atoms with E-state index < -0.39 is 48.0 Å². The number of ketones is 8. The molecular formula is C91H155Br2N17O20S2Y-2. The molecule has 11 atom stereocenters. The first-order valence-corrected chi connectivity index (χ1v) is 51.0. The molecule has 0 aliphatic carbocycles. The van der Waals surface area contributed by atoms with Gasteiger partial charge in [-0.2, -0.15) is 23.5 Å². The van der Waals surface area contributed by atoms with Crippen molar-refractivity contribution in [1.82, 2.24) is 47.4 Å². The minimum absolute atomic E-state index is 0. The summed E-state index contributed by atoms with van der Waals surface area (Å²) in [5.41, 5.74) is 28.5. The summed E-state index contributed by atoms with van der Waals surface area (Å²) < 4.78 is 22.0. The number of Topliss-reactive ketones (excluding diaryl/α,β-unsaturated/α-hetero) is 8. The van der Waals surface area contributed by atoms with Gasteiger partial charge in [-0.25, -0.2) is 6.29 Å². The van der Waals surface area contributed by atoms with Crippen molar-refractivity contribution >= 4 is 155 Å². The number of phenolic OH excluding ortho intramolecular Hbond substituents is 1. The molecule has 755 valence electrons. The number of hydrogen-bond donors (Lipinski definition) is 14. The standard InChI is InChI=1S/C49H81BrN8O10S.C42H72BrN8O10S.H2N.Y/c1-3-34(2)41-10-4-8-37(19-23-54-46(64)20-25-68-27-26-67-24-6-9-39(60)30-50)45(63)32-57-42(21-28-69-33-40(61)16-18-47(65)58-41)44(62)17-13-36(7-5-22-55-49(52)53)31-56-43(48(51)66)29-35-11-14-38(59)15-12-35;1-4-30(2)41-35(54)13-12-31(9-5-6-17-46-38(57)15-21-61-23-22-60-20-8-11-33(53)25-43)36(55)26-49-34(16-24-62-29-40(59)47-19-14-39(58)50-41)37(56)27-51(3)32(28-52)10-7-18-48-42(44)45;;/h11-12,14-15,34,36-37,41-43,56-57,59H,3-10,13,16-33H2,1-2H3,(H2,51,66)(H,54,64)(H,58,65)(H4,52,53,55);30-32,34,41,49H,4-27,29H2,1-3H3,(H,46,57)(H,47,59)(H,50,58)(H4,44,45,48);1H2;/q;2*-1;/t34-,36+,37-,41+,42-,43-;30-,31+,32-,34-,41-;;/m00../s1. The Bertz CT molecular complexity index is 3620. The fourth-order valence-electron chi connectivity index (χ4n) is 14.4. The van der Waals surface area contributed by atoms with Gasteiger partial charge in [0.05, 0.1) is 106 Å². The van der Waals surface area contributed by atoms with E-state index in [0.29, 0.717) is 216 Å². The van der Waals surface area contributed by atoms with Crippen LogP contribution in [0, 0.1) is 29.6 Å². The molecule has 2 aliphatic rings. The molecule has 1 radical (unpaired) electrons. The number of primary amides is 1. The molecule has 0 bridgehead atoms. The first-order chi connectivity index (χ1) is 62.8. The molecule has 42 heteroatoms. The average Bonchev–Trinajstić information content (AvgIpc) is 1.09. The summed E-state index contributed by atoms with van der Waals surface area (Å²) in [6.07, 6.45) is 14.1. The van der Waals surface area contributed by atoms with E-state index >= 15 is 0 Å². The molecule has 133 heavy (non-hydrogen) atoms. The summed E-state index contributed by atoms with van der Waals surface area (Å²) in [7, 11) is 1.65. The van der Waals surface area contributed by atoms with Gasteiger partial charge >= 0.3 is 0 Å². The predicted molar refractivity (Wildman–Crippen MR) is 523 cm³/mol. The van der Waals surface area contributed by atoms with E-state index in [9.17, 15) is 77.0 Å². The van der Waals surface area contributed by atoms with E-state index in [1.54, 1.807) is 36.2 Å². The van der Waals surface area contributed by atoms with Gasteiger partial charge in [0.25, 0.3) is 0 Å². The van der Waals surface area contributed by atoms with Gasteiger partial charge in [0.2, 0.25) is 35.4 Å². The van der Waals surface area contributed by atoms with Crippen LogP contribution in [-0.2, 0) is 130 Å². The molecule has 0 unspecified atom stereocenters. The van der Waals surface area contributed by atoms with Gasteiger partial charge in [-0.3, -0.25) is 77.1 Å². The molecule has 2 heterocycles. The number of amides is 6. The number of nitrogens with one attached hydrogen (secondary N) is 8. The number of rotatable bonds is 57. The van der Waals surface area contributed by atoms with Crippen LogP contribution in [0.1, 0.15) is 213 Å². The molecule has 6 amide bonds. The van der Waals surface area contributed by atoms with E-state index in [1.807, 2.05) is 20.1 Å². The molecule has 0 saturated carbocycles. The van der Waals surface area contributed by atoms with Crippen LogP contribution in [-0.4, -0.2) is 299 Å². The maximum absolute atomic E-state index is 14.1. The number of nitrogens with zero attached hydrogens (tertiary/aromatic N) is 3. The number of thioether (sulfide) groups is 2. The summed E-state index contributed by atoms with van der Waals surface area (Å²) in [6.45, 7) is 12.3. The Morgan fingerprint density at radius 2 is 1.13 bits per heavy atom. The van der Waals surface area contributed by atoms with Crippen LogP contribution in [0.3, 0.4) is 0 Å². The van der Waals surface area contributed by atoms with Gasteiger partial charge in [-0.15, -0.1) is 0 Å². The molecule has 2 fully saturated rings. The number of alkyl halides is 2. The molecule has 2 saturated heterocycles. The second-order valence-corrected chi connectivity index (χ2v) is 36.8. The van der Waals surface area contributed by atoms with Gasteiger partial charge in [0, 0.05) is 154 Å². The Morgan fingerprint density at radius 3 is 1.68 bits per heavy atom. The summed E-state index contributed by atoms with van der Waals surface area (Å²) >= 11 is 8.99. The number of likely N-dealkylation sites (N-methyl/N-ethyl adjacent to an activating group) is 1. The van der Waals surface area contributed by atoms with Crippen LogP contribution in [0.5, 0.6) is 5.75 Å². The monoisotopic (exact) mass is 2120 g/mol. The summed E-state index contributed by atoms with van der Waals surface area (Å²) in [6, 6.07) is 2.86. The van der Waals surface area contributed by atoms with Gasteiger partial charge in [0.1, 0.15) is 40.4 Å². The third-order valence-electron chi connectivity index (χ3n) is 22.8. The van der Waals surface area contributed by atoms with Gasteiger partial charge in [-0.05, 0) is 157 Å². The molecular weight excluding hydrogens is 1960 g/mol. The molecule has 1 aromatic rings. The van der Waals surface area contributed by atoms with Crippen molar-refractivity contribution in [3.05, 3.63) is 36.0 Å². The van der Waals surface area contributed by atoms with Crippen LogP contribution >= 0.6 is 55.4 Å². The molecule has 0 aromatic heterocycles. The van der Waals surface area contributed by atoms with Crippen molar-refractivity contribution in [1.29, 1.82) is 0 Å². The number of hydrogen-bond acceptors (Lipinski definition) is 28. The molecule has 21 N–H and O–H groups in total. The number of benzene rings is 1. The summed E-state index contributed by atoms with van der Waals surface area (Å²) in [5, 5.41) is 34.6. The van der Waals surface area contributed by atoms with E-state index in [2.05, 4.69) is 98.2 Å². The van der Waals surface area contributed by atoms with Crippen molar-refractivity contribution < 1.29 is 129 Å². The first-order valence-electron chi connectivity index (χ1n) is 46.4. The predicted octanol–water partition coefficient (Wildman–Crippen LogP) is 5.26. The third-order valence-corrected chi connectivity index (χ3v) is 26.1. The van der Waals surface area contributed by atoms with Crippen molar-refractivity contribution in [2.24, 2.45) is 68.2 Å². The number of aromatic hydroxyl groups is 1. The maximum Gasteiger partial charge on any atom is 0.234 e. The maximum atomic E-state index is 14.1. The first kappa shape index (κ1) is 127. The number of ether oxygens (including phenoxy) is 4. The fraction of sp³-hybridized carbons (Fsp3) is 0.747. The Balaban J connectivity index is 0.00000260. The van der Waals surface area contributed by atoms with Crippen molar-refractivity contribution in [3.8, 4) is 5.75 Å². The third kappa shape index (κ3) is 63.8. The Morgan fingerprint density at radius 1 is 0.586 bits per heavy atom. The van der Waals surface area contributed by atoms with Crippen molar-refractivity contribution in [2.45, 2.75) is 250 Å². The van der Waals surface area contributed by atoms with Crippen molar-refractivity contribution in [2.75, 3.05) is 152 Å². The second-order valence-electron chi connectivity index (χ2n) is 33.4. The zero-order chi connectivity index (χ0) is 96.9. The fourth-order valence-corrected chi connectivity index (χ4v) is 16.7. The summed E-state index contributed by atoms with van der Waals surface area (Å²) in [4.78, 5) is 202. The second kappa shape index (κ2) is 79.7. The number of unbranched alkanes of at least 4 members (excludes halogenated alkanes) is 1. The Kier molecular flexibility index (Phi) is 76.0. The number of carbonyl (C=O) groups is 14. The molecule has 37 nitrogen and oxygen atoms in total. The zero-order valence-corrected chi connectivity index (χ0v) is 86.7. The number of aliphatic imine (C=N–C) groups is 2. The van der Waals surface area contributed by atoms with E-state index in [1.165, 1.54) is 23.5 Å². The number of nitrogens with two attached hydrogens (primary N) is 6. The van der Waals surface area contributed by atoms with E-state index in [0.717, 1.165) is 12.0 Å². The largest absolute Gasteiger partial charge is 0.693 e. The van der Waals surface area contributed by atoms with Crippen LogP contribution in [0.15, 0.2) is 34.3 Å². The Labute approximate surface area is 837 Å². The average molecular weight is 2120 g/mol. The van der Waals surface area contributed by atoms with Gasteiger partial charge in [-0.1, -0.05) is 110 Å².